The van der Waals surface area contributed by atoms with Crippen LogP contribution < -0.4 is 11.0 Å². The van der Waals surface area contributed by atoms with Gasteiger partial charge in [0.25, 0.3) is 5.91 Å². The minimum atomic E-state index is -0.512. The largest absolute Gasteiger partial charge is 0.505 e. The molecule has 4 N–H and O–H groups in total. The van der Waals surface area contributed by atoms with Gasteiger partial charge in [0, 0.05) is 11.1 Å². The molecule has 1 amide bonds. The van der Waals surface area contributed by atoms with Gasteiger partial charge in [-0.25, -0.2) is 4.79 Å². The molecule has 0 unspecified atom stereocenters. The molecule has 0 aliphatic carbocycles. The van der Waals surface area contributed by atoms with Crippen LogP contribution in [0.1, 0.15) is 15.9 Å². The maximum atomic E-state index is 13.1. The highest BCUT2D eigenvalue weighted by Gasteiger charge is 2.19. The molecule has 0 aliphatic rings. The lowest BCUT2D eigenvalue weighted by molar-refractivity contribution is 0.102. The monoisotopic (exact) mass is 437 g/mol. The second-order valence-corrected chi connectivity index (χ2v) is 7.67. The highest BCUT2D eigenvalue weighted by atomic mass is 16.3. The first kappa shape index (κ1) is 20.2. The number of anilines is 1. The van der Waals surface area contributed by atoms with E-state index < -0.39 is 5.91 Å². The predicted octanol–water partition coefficient (Wildman–Crippen LogP) is 5.69. The van der Waals surface area contributed by atoms with E-state index >= 15 is 0 Å². The van der Waals surface area contributed by atoms with E-state index in [1.54, 1.807) is 24.3 Å². The minimum absolute atomic E-state index is 0.0641. The van der Waals surface area contributed by atoms with Crippen molar-refractivity contribution in [2.24, 2.45) is 10.2 Å². The fraction of sp³-hybridized carbons (Fsp3) is 0.0400. The molecule has 5 aromatic rings. The molecule has 0 saturated carbocycles. The highest BCUT2D eigenvalue weighted by molar-refractivity contribution is 6.12. The van der Waals surface area contributed by atoms with Gasteiger partial charge in [0.2, 0.25) is 0 Å². The third-order valence-electron chi connectivity index (χ3n) is 5.31. The Hall–Kier alpha value is -4.72. The predicted molar refractivity (Wildman–Crippen MR) is 128 cm³/mol. The number of benzene rings is 4. The van der Waals surface area contributed by atoms with Crippen LogP contribution in [0.4, 0.5) is 17.1 Å². The number of nitrogens with one attached hydrogen (secondary N) is 3. The summed E-state index contributed by atoms with van der Waals surface area (Å²) in [5.74, 6) is -0.777. The minimum Gasteiger partial charge on any atom is -0.505 e. The first-order valence-corrected chi connectivity index (χ1v) is 10.2. The van der Waals surface area contributed by atoms with E-state index in [1.807, 2.05) is 55.5 Å². The Labute approximate surface area is 187 Å². The molecule has 8 heteroatoms. The molecule has 5 rings (SSSR count). The van der Waals surface area contributed by atoms with Gasteiger partial charge in [-0.05, 0) is 48.7 Å². The van der Waals surface area contributed by atoms with Crippen molar-refractivity contribution in [3.8, 4) is 5.75 Å². The molecule has 0 aliphatic heterocycles. The SMILES string of the molecule is Cc1ccc(N=Nc2c(O)c(C(=O)Nc3ccc4[nH]c(=O)[nH]c4c3)cc3ccccc23)cc1. The lowest BCUT2D eigenvalue weighted by Crippen LogP contribution is -2.12. The van der Waals surface area contributed by atoms with Gasteiger partial charge >= 0.3 is 5.69 Å². The number of aromatic hydroxyl groups is 1. The molecule has 162 valence electrons. The number of phenols is 1. The number of phenolic OH excluding ortho intramolecular Hbond substituents is 1. The summed E-state index contributed by atoms with van der Waals surface area (Å²) >= 11 is 0. The number of H-pyrrole nitrogens is 2. The Kier molecular flexibility index (Phi) is 4.95. The number of carbonyl (C=O) groups is 1. The zero-order valence-corrected chi connectivity index (χ0v) is 17.6. The first-order valence-electron chi connectivity index (χ1n) is 10.2. The number of aromatic nitrogens is 2. The van der Waals surface area contributed by atoms with Gasteiger partial charge in [0.05, 0.1) is 22.3 Å². The number of aryl methyl sites for hydroxylation is 1. The number of hydrogen-bond acceptors (Lipinski definition) is 5. The van der Waals surface area contributed by atoms with Crippen LogP contribution in [0.15, 0.2) is 87.8 Å². The lowest BCUT2D eigenvalue weighted by Gasteiger charge is -2.11. The average molecular weight is 437 g/mol. The number of nitrogens with zero attached hydrogens (tertiary/aromatic N) is 2. The summed E-state index contributed by atoms with van der Waals surface area (Å²) in [4.78, 5) is 29.8. The standard InChI is InChI=1S/C25H19N5O3/c1-14-6-8-16(9-7-14)29-30-22-18-5-3-2-4-15(18)12-19(23(22)31)24(32)26-17-10-11-20-21(13-17)28-25(33)27-20/h2-13,31H,1H3,(H,26,32)(H2,27,28,33). The van der Waals surface area contributed by atoms with Gasteiger partial charge in [-0.15, -0.1) is 5.11 Å². The maximum absolute atomic E-state index is 13.1. The molecule has 0 radical (unpaired) electrons. The summed E-state index contributed by atoms with van der Waals surface area (Å²) in [5, 5.41) is 23.7. The van der Waals surface area contributed by atoms with Crippen molar-refractivity contribution < 1.29 is 9.90 Å². The molecule has 1 aromatic heterocycles. The number of rotatable bonds is 4. The second kappa shape index (κ2) is 8.08. The van der Waals surface area contributed by atoms with E-state index in [9.17, 15) is 14.7 Å². The van der Waals surface area contributed by atoms with E-state index in [-0.39, 0.29) is 22.7 Å². The Morgan fingerprint density at radius 3 is 2.48 bits per heavy atom. The van der Waals surface area contributed by atoms with Crippen molar-refractivity contribution in [1.82, 2.24) is 9.97 Å². The third kappa shape index (κ3) is 3.97. The fourth-order valence-corrected chi connectivity index (χ4v) is 3.62. The Morgan fingerprint density at radius 2 is 1.67 bits per heavy atom. The van der Waals surface area contributed by atoms with Crippen LogP contribution in [-0.4, -0.2) is 21.0 Å². The van der Waals surface area contributed by atoms with Gasteiger partial charge in [-0.2, -0.15) is 5.11 Å². The average Bonchev–Trinajstić information content (AvgIpc) is 3.18. The molecule has 8 nitrogen and oxygen atoms in total. The smallest absolute Gasteiger partial charge is 0.323 e. The van der Waals surface area contributed by atoms with Crippen molar-refractivity contribution in [3.63, 3.8) is 0 Å². The number of hydrogen-bond donors (Lipinski definition) is 4. The summed E-state index contributed by atoms with van der Waals surface area (Å²) < 4.78 is 0. The first-order chi connectivity index (χ1) is 16.0. The molecular formula is C25H19N5O3. The Morgan fingerprint density at radius 1 is 0.909 bits per heavy atom. The van der Waals surface area contributed by atoms with Crippen LogP contribution in [-0.2, 0) is 0 Å². The summed E-state index contributed by atoms with van der Waals surface area (Å²) in [6, 6.07) is 21.4. The normalized spacial score (nSPS) is 11.4. The summed E-state index contributed by atoms with van der Waals surface area (Å²) in [7, 11) is 0. The molecule has 0 atom stereocenters. The summed E-state index contributed by atoms with van der Waals surface area (Å²) in [6.45, 7) is 1.98. The van der Waals surface area contributed by atoms with Gasteiger partial charge in [-0.1, -0.05) is 42.0 Å². The van der Waals surface area contributed by atoms with Crippen molar-refractivity contribution in [3.05, 3.63) is 94.4 Å². The zero-order chi connectivity index (χ0) is 22.9. The van der Waals surface area contributed by atoms with E-state index in [0.29, 0.717) is 27.8 Å². The van der Waals surface area contributed by atoms with E-state index in [0.717, 1.165) is 10.9 Å². The molecular weight excluding hydrogens is 418 g/mol. The van der Waals surface area contributed by atoms with Crippen molar-refractivity contribution in [2.45, 2.75) is 6.92 Å². The van der Waals surface area contributed by atoms with Gasteiger partial charge < -0.3 is 20.4 Å². The van der Waals surface area contributed by atoms with E-state index in [4.69, 9.17) is 0 Å². The molecule has 4 aromatic carbocycles. The maximum Gasteiger partial charge on any atom is 0.323 e. The van der Waals surface area contributed by atoms with Crippen LogP contribution >= 0.6 is 0 Å². The Balaban J connectivity index is 1.54. The lowest BCUT2D eigenvalue weighted by atomic mass is 10.0. The number of fused-ring (bicyclic) bond motifs is 2. The molecule has 0 fully saturated rings. The van der Waals surface area contributed by atoms with E-state index in [1.165, 1.54) is 0 Å². The number of azo groups is 1. The van der Waals surface area contributed by atoms with Gasteiger partial charge in [0.15, 0.2) is 5.75 Å². The second-order valence-electron chi connectivity index (χ2n) is 7.67. The topological polar surface area (TPSA) is 123 Å². The molecule has 33 heavy (non-hydrogen) atoms. The molecule has 0 saturated heterocycles. The van der Waals surface area contributed by atoms with E-state index in [2.05, 4.69) is 25.5 Å². The van der Waals surface area contributed by atoms with Gasteiger partial charge in [0.1, 0.15) is 5.69 Å². The fourth-order valence-electron chi connectivity index (χ4n) is 3.62. The van der Waals surface area contributed by atoms with Gasteiger partial charge in [-0.3, -0.25) is 4.79 Å². The summed E-state index contributed by atoms with van der Waals surface area (Å²) in [6.07, 6.45) is 0. The molecule has 0 spiro atoms. The number of aromatic amines is 2. The van der Waals surface area contributed by atoms with Crippen LogP contribution in [0.3, 0.4) is 0 Å². The van der Waals surface area contributed by atoms with Crippen molar-refractivity contribution in [2.75, 3.05) is 5.32 Å². The number of imidazole rings is 1. The quantitative estimate of drug-likeness (QED) is 0.270. The number of amides is 1. The summed E-state index contributed by atoms with van der Waals surface area (Å²) in [5.41, 5.74) is 3.34. The van der Waals surface area contributed by atoms with Crippen LogP contribution in [0.25, 0.3) is 21.8 Å². The highest BCUT2D eigenvalue weighted by Crippen LogP contribution is 2.39. The Bertz CT molecular complexity index is 1600. The van der Waals surface area contributed by atoms with Crippen molar-refractivity contribution in [1.29, 1.82) is 0 Å². The van der Waals surface area contributed by atoms with Crippen molar-refractivity contribution >= 4 is 44.8 Å². The van der Waals surface area contributed by atoms with Crippen LogP contribution in [0.5, 0.6) is 5.75 Å². The molecule has 0 bridgehead atoms. The molecule has 1 heterocycles. The number of carbonyl (C=O) groups excluding carboxylic acids is 1. The van der Waals surface area contributed by atoms with Crippen LogP contribution in [0, 0.1) is 6.92 Å². The van der Waals surface area contributed by atoms with Crippen LogP contribution in [0.2, 0.25) is 0 Å². The zero-order valence-electron chi connectivity index (χ0n) is 17.6. The third-order valence-corrected chi connectivity index (χ3v) is 5.31.